The molecule has 0 fully saturated rings. The second-order valence-corrected chi connectivity index (χ2v) is 3.40. The summed E-state index contributed by atoms with van der Waals surface area (Å²) in [4.78, 5) is 0. The Balaban J connectivity index is 3.81. The van der Waals surface area contributed by atoms with Crippen LogP contribution in [0.3, 0.4) is 0 Å². The normalized spacial score (nSPS) is 23.4. The molecule has 0 aromatic rings. The van der Waals surface area contributed by atoms with Crippen LogP contribution in [0, 0.1) is 0 Å². The molecule has 6 heteroatoms. The Morgan fingerprint density at radius 3 is 1.00 bits per heavy atom. The molecular formula is C4H4Cl4F2. The molecule has 0 N–H and O–H groups in total. The highest BCUT2D eigenvalue weighted by atomic mass is 35.5. The lowest BCUT2D eigenvalue weighted by Gasteiger charge is -2.14. The SMILES string of the molecule is FC(Cl)C(Cl)C(Cl)C(F)Cl. The first-order valence-electron chi connectivity index (χ1n) is 2.31. The van der Waals surface area contributed by atoms with E-state index in [0.29, 0.717) is 0 Å². The number of hydrogen-bond acceptors (Lipinski definition) is 0. The third-order valence-corrected chi connectivity index (χ3v) is 2.70. The summed E-state index contributed by atoms with van der Waals surface area (Å²) in [5.41, 5.74) is -3.78. The van der Waals surface area contributed by atoms with Crippen LogP contribution in [0.4, 0.5) is 8.78 Å². The molecule has 0 aliphatic rings. The smallest absolute Gasteiger partial charge is 0.191 e. The van der Waals surface area contributed by atoms with Crippen molar-refractivity contribution in [3.05, 3.63) is 0 Å². The number of alkyl halides is 6. The fourth-order valence-electron chi connectivity index (χ4n) is 0.278. The van der Waals surface area contributed by atoms with Gasteiger partial charge in [0, 0.05) is 0 Å². The quantitative estimate of drug-likeness (QED) is 0.655. The molecule has 0 aliphatic heterocycles. The minimum atomic E-state index is -1.89. The zero-order valence-electron chi connectivity index (χ0n) is 4.58. The Morgan fingerprint density at radius 1 is 0.700 bits per heavy atom. The molecule has 0 heterocycles. The van der Waals surface area contributed by atoms with Crippen molar-refractivity contribution in [2.45, 2.75) is 22.0 Å². The highest BCUT2D eigenvalue weighted by Gasteiger charge is 2.30. The van der Waals surface area contributed by atoms with Crippen LogP contribution in [-0.4, -0.2) is 22.0 Å². The van der Waals surface area contributed by atoms with Gasteiger partial charge in [-0.15, -0.1) is 23.2 Å². The molecule has 0 radical (unpaired) electrons. The Bertz CT molecular complexity index is 85.3. The van der Waals surface area contributed by atoms with E-state index in [0.717, 1.165) is 0 Å². The third-order valence-electron chi connectivity index (χ3n) is 0.786. The molecule has 0 aliphatic carbocycles. The first-order valence-corrected chi connectivity index (χ1v) is 4.06. The van der Waals surface area contributed by atoms with Crippen LogP contribution >= 0.6 is 46.4 Å². The third kappa shape index (κ3) is 3.42. The van der Waals surface area contributed by atoms with Gasteiger partial charge in [-0.05, 0) is 0 Å². The Labute approximate surface area is 77.4 Å². The maximum absolute atomic E-state index is 12.0. The Kier molecular flexibility index (Phi) is 5.30. The maximum atomic E-state index is 12.0. The number of rotatable bonds is 3. The highest BCUT2D eigenvalue weighted by Crippen LogP contribution is 2.25. The summed E-state index contributed by atoms with van der Waals surface area (Å²) in [6.45, 7) is 0. The van der Waals surface area contributed by atoms with Crippen molar-refractivity contribution in [2.75, 3.05) is 0 Å². The molecule has 62 valence electrons. The van der Waals surface area contributed by atoms with Crippen molar-refractivity contribution in [1.82, 2.24) is 0 Å². The van der Waals surface area contributed by atoms with E-state index in [1.165, 1.54) is 0 Å². The summed E-state index contributed by atoms with van der Waals surface area (Å²) in [7, 11) is 0. The monoisotopic (exact) mass is 230 g/mol. The average molecular weight is 232 g/mol. The first-order chi connectivity index (χ1) is 4.46. The van der Waals surface area contributed by atoms with Gasteiger partial charge in [-0.25, -0.2) is 8.78 Å². The van der Waals surface area contributed by atoms with E-state index in [-0.39, 0.29) is 0 Å². The summed E-state index contributed by atoms with van der Waals surface area (Å²) in [6, 6.07) is 0. The van der Waals surface area contributed by atoms with Crippen LogP contribution in [0.1, 0.15) is 0 Å². The molecule has 0 rings (SSSR count). The average Bonchev–Trinajstić information content (AvgIpc) is 1.84. The predicted octanol–water partition coefficient (Wildman–Crippen LogP) is 3.27. The molecule has 4 atom stereocenters. The van der Waals surface area contributed by atoms with E-state index in [9.17, 15) is 8.78 Å². The van der Waals surface area contributed by atoms with Crippen molar-refractivity contribution in [3.63, 3.8) is 0 Å². The molecule has 0 aromatic heterocycles. The van der Waals surface area contributed by atoms with E-state index >= 15 is 0 Å². The second kappa shape index (κ2) is 4.81. The van der Waals surface area contributed by atoms with Crippen molar-refractivity contribution in [3.8, 4) is 0 Å². The molecule has 0 spiro atoms. The van der Waals surface area contributed by atoms with Crippen molar-refractivity contribution in [1.29, 1.82) is 0 Å². The lowest BCUT2D eigenvalue weighted by Crippen LogP contribution is -2.27. The maximum Gasteiger partial charge on any atom is 0.191 e. The van der Waals surface area contributed by atoms with Crippen LogP contribution < -0.4 is 0 Å². The molecule has 0 nitrogen and oxygen atoms in total. The molecule has 0 saturated carbocycles. The van der Waals surface area contributed by atoms with Gasteiger partial charge in [0.25, 0.3) is 0 Å². The zero-order chi connectivity index (χ0) is 8.31. The van der Waals surface area contributed by atoms with E-state index in [1.54, 1.807) is 0 Å². The molecular weight excluding hydrogens is 228 g/mol. The van der Waals surface area contributed by atoms with E-state index in [1.807, 2.05) is 0 Å². The molecule has 0 aromatic carbocycles. The van der Waals surface area contributed by atoms with Crippen molar-refractivity contribution < 1.29 is 8.78 Å². The Hall–Kier alpha value is 1.02. The van der Waals surface area contributed by atoms with Gasteiger partial charge < -0.3 is 0 Å². The largest absolute Gasteiger partial charge is 0.228 e. The van der Waals surface area contributed by atoms with Gasteiger partial charge in [-0.1, -0.05) is 23.2 Å². The number of halogens is 6. The van der Waals surface area contributed by atoms with Gasteiger partial charge in [-0.3, -0.25) is 0 Å². The second-order valence-electron chi connectivity index (χ2n) is 1.56. The van der Waals surface area contributed by atoms with Crippen LogP contribution in [0.15, 0.2) is 0 Å². The number of hydrogen-bond donors (Lipinski definition) is 0. The fraction of sp³-hybridized carbons (Fsp3) is 1.00. The van der Waals surface area contributed by atoms with Gasteiger partial charge >= 0.3 is 0 Å². The topological polar surface area (TPSA) is 0 Å². The minimum Gasteiger partial charge on any atom is -0.228 e. The Morgan fingerprint density at radius 2 is 0.900 bits per heavy atom. The summed E-state index contributed by atoms with van der Waals surface area (Å²) < 4.78 is 24.1. The zero-order valence-corrected chi connectivity index (χ0v) is 7.60. The van der Waals surface area contributed by atoms with E-state index < -0.39 is 22.0 Å². The van der Waals surface area contributed by atoms with Gasteiger partial charge in [-0.2, -0.15) is 0 Å². The summed E-state index contributed by atoms with van der Waals surface area (Å²) in [5.74, 6) is 0. The summed E-state index contributed by atoms with van der Waals surface area (Å²) in [5, 5.41) is -2.62. The van der Waals surface area contributed by atoms with E-state index in [4.69, 9.17) is 46.4 Å². The fourth-order valence-corrected chi connectivity index (χ4v) is 0.996. The minimum absolute atomic E-state index is 1.31. The summed E-state index contributed by atoms with van der Waals surface area (Å²) >= 11 is 20.1. The summed E-state index contributed by atoms with van der Waals surface area (Å²) in [6.07, 6.45) is 0. The van der Waals surface area contributed by atoms with Gasteiger partial charge in [0.15, 0.2) is 11.3 Å². The molecule has 10 heavy (non-hydrogen) atoms. The van der Waals surface area contributed by atoms with Gasteiger partial charge in [0.1, 0.15) is 0 Å². The molecule has 0 saturated heterocycles. The lowest BCUT2D eigenvalue weighted by atomic mass is 10.3. The van der Waals surface area contributed by atoms with Gasteiger partial charge in [0.05, 0.1) is 10.8 Å². The van der Waals surface area contributed by atoms with E-state index in [2.05, 4.69) is 0 Å². The first kappa shape index (κ1) is 11.0. The van der Waals surface area contributed by atoms with Crippen LogP contribution in [0.5, 0.6) is 0 Å². The standard InChI is InChI=1S/C4H4Cl4F2/c5-1(3(7)9)2(6)4(8)10/h1-4H. The highest BCUT2D eigenvalue weighted by molar-refractivity contribution is 6.37. The van der Waals surface area contributed by atoms with Gasteiger partial charge in [0.2, 0.25) is 0 Å². The van der Waals surface area contributed by atoms with Crippen molar-refractivity contribution in [2.24, 2.45) is 0 Å². The molecule has 4 unspecified atom stereocenters. The molecule has 0 bridgehead atoms. The van der Waals surface area contributed by atoms with Crippen LogP contribution in [0.2, 0.25) is 0 Å². The molecule has 0 amide bonds. The van der Waals surface area contributed by atoms with Crippen LogP contribution in [0.25, 0.3) is 0 Å². The van der Waals surface area contributed by atoms with Crippen molar-refractivity contribution >= 4 is 46.4 Å². The predicted molar refractivity (Wildman–Crippen MR) is 40.8 cm³/mol. The lowest BCUT2D eigenvalue weighted by molar-refractivity contribution is 0.364. The van der Waals surface area contributed by atoms with Crippen LogP contribution in [-0.2, 0) is 0 Å².